The topological polar surface area (TPSA) is 53.1 Å². The average molecular weight is 249 g/mol. The third-order valence-electron chi connectivity index (χ3n) is 3.23. The quantitative estimate of drug-likeness (QED) is 0.774. The number of hydrogen-bond acceptors (Lipinski definition) is 5. The minimum atomic E-state index is 0.729. The minimum absolute atomic E-state index is 0.729. The lowest BCUT2D eigenvalue weighted by atomic mass is 10.2. The normalized spacial score (nSPS) is 16.4. The molecule has 0 spiro atoms. The number of likely N-dealkylation sites (N-methyl/N-ethyl adjacent to an activating group) is 1. The molecule has 5 nitrogen and oxygen atoms in total. The molecule has 1 aliphatic heterocycles. The van der Waals surface area contributed by atoms with Crippen LogP contribution >= 0.6 is 0 Å². The zero-order valence-corrected chi connectivity index (χ0v) is 11.2. The van der Waals surface area contributed by atoms with Gasteiger partial charge in [-0.25, -0.2) is 4.98 Å². The Bertz CT molecular complexity index is 347. The van der Waals surface area contributed by atoms with E-state index >= 15 is 0 Å². The molecule has 0 unspecified atom stereocenters. The highest BCUT2D eigenvalue weighted by atomic mass is 15.2. The van der Waals surface area contributed by atoms with Gasteiger partial charge in [-0.15, -0.1) is 0 Å². The van der Waals surface area contributed by atoms with Gasteiger partial charge < -0.3 is 15.5 Å². The Labute approximate surface area is 109 Å². The standard InChI is InChI=1S/C13H23N5/c1-14-8-9-16-13-15-7-6-12(17-13)18-10-4-2-3-5-11-18/h6-7,14H,2-5,8-11H2,1H3,(H,15,16,17). The van der Waals surface area contributed by atoms with Crippen molar-refractivity contribution in [3.05, 3.63) is 12.3 Å². The molecule has 0 atom stereocenters. The number of anilines is 2. The van der Waals surface area contributed by atoms with Gasteiger partial charge in [0.05, 0.1) is 0 Å². The molecular weight excluding hydrogens is 226 g/mol. The van der Waals surface area contributed by atoms with E-state index in [4.69, 9.17) is 0 Å². The van der Waals surface area contributed by atoms with E-state index in [0.29, 0.717) is 0 Å². The molecule has 18 heavy (non-hydrogen) atoms. The van der Waals surface area contributed by atoms with Gasteiger partial charge in [0.25, 0.3) is 0 Å². The molecule has 1 aromatic heterocycles. The average Bonchev–Trinajstić information content (AvgIpc) is 2.68. The molecule has 2 heterocycles. The Kier molecular flexibility index (Phi) is 5.20. The van der Waals surface area contributed by atoms with Crippen molar-refractivity contribution in [2.24, 2.45) is 0 Å². The molecule has 1 aliphatic rings. The highest BCUT2D eigenvalue weighted by Crippen LogP contribution is 2.17. The number of aromatic nitrogens is 2. The molecule has 1 fully saturated rings. The van der Waals surface area contributed by atoms with Crippen LogP contribution in [0.2, 0.25) is 0 Å². The van der Waals surface area contributed by atoms with Crippen LogP contribution in [0.25, 0.3) is 0 Å². The van der Waals surface area contributed by atoms with Crippen molar-refractivity contribution in [1.29, 1.82) is 0 Å². The summed E-state index contributed by atoms with van der Waals surface area (Å²) in [7, 11) is 1.94. The second-order valence-electron chi connectivity index (χ2n) is 4.67. The summed E-state index contributed by atoms with van der Waals surface area (Å²) < 4.78 is 0. The van der Waals surface area contributed by atoms with Crippen molar-refractivity contribution < 1.29 is 0 Å². The Morgan fingerprint density at radius 2 is 1.94 bits per heavy atom. The van der Waals surface area contributed by atoms with Gasteiger partial charge in [-0.2, -0.15) is 4.98 Å². The highest BCUT2D eigenvalue weighted by molar-refractivity contribution is 5.42. The van der Waals surface area contributed by atoms with Crippen molar-refractivity contribution in [3.63, 3.8) is 0 Å². The molecule has 2 rings (SSSR count). The minimum Gasteiger partial charge on any atom is -0.356 e. The maximum Gasteiger partial charge on any atom is 0.224 e. The molecule has 0 aromatic carbocycles. The predicted octanol–water partition coefficient (Wildman–Crippen LogP) is 1.49. The number of rotatable bonds is 5. The lowest BCUT2D eigenvalue weighted by Crippen LogP contribution is -2.25. The van der Waals surface area contributed by atoms with Gasteiger partial charge in [0.15, 0.2) is 0 Å². The first-order valence-electron chi connectivity index (χ1n) is 6.86. The zero-order chi connectivity index (χ0) is 12.6. The fraction of sp³-hybridized carbons (Fsp3) is 0.692. The van der Waals surface area contributed by atoms with E-state index in [0.717, 1.165) is 37.9 Å². The third kappa shape index (κ3) is 3.84. The number of nitrogens with zero attached hydrogens (tertiary/aromatic N) is 3. The second kappa shape index (κ2) is 7.16. The predicted molar refractivity (Wildman–Crippen MR) is 75.1 cm³/mol. The molecule has 0 amide bonds. The summed E-state index contributed by atoms with van der Waals surface area (Å²) in [6.45, 7) is 4.00. The highest BCUT2D eigenvalue weighted by Gasteiger charge is 2.11. The van der Waals surface area contributed by atoms with Crippen LogP contribution in [0.3, 0.4) is 0 Å². The SMILES string of the molecule is CNCCNc1nccc(N2CCCCCC2)n1. The summed E-state index contributed by atoms with van der Waals surface area (Å²) in [6, 6.07) is 2.01. The van der Waals surface area contributed by atoms with Gasteiger partial charge in [-0.3, -0.25) is 0 Å². The molecule has 100 valence electrons. The van der Waals surface area contributed by atoms with Gasteiger partial charge in [0, 0.05) is 32.4 Å². The largest absolute Gasteiger partial charge is 0.356 e. The smallest absolute Gasteiger partial charge is 0.224 e. The molecule has 0 radical (unpaired) electrons. The summed E-state index contributed by atoms with van der Waals surface area (Å²) in [5.74, 6) is 1.78. The number of hydrogen-bond donors (Lipinski definition) is 2. The summed E-state index contributed by atoms with van der Waals surface area (Å²) in [6.07, 6.45) is 7.07. The van der Waals surface area contributed by atoms with Crippen molar-refractivity contribution in [2.75, 3.05) is 43.4 Å². The van der Waals surface area contributed by atoms with Crippen molar-refractivity contribution in [3.8, 4) is 0 Å². The van der Waals surface area contributed by atoms with Gasteiger partial charge in [-0.05, 0) is 26.0 Å². The van der Waals surface area contributed by atoms with Crippen molar-refractivity contribution in [1.82, 2.24) is 15.3 Å². The van der Waals surface area contributed by atoms with Crippen molar-refractivity contribution >= 4 is 11.8 Å². The molecule has 0 saturated carbocycles. The van der Waals surface area contributed by atoms with Crippen LogP contribution in [0.4, 0.5) is 11.8 Å². The monoisotopic (exact) mass is 249 g/mol. The Balaban J connectivity index is 1.96. The summed E-state index contributed by atoms with van der Waals surface area (Å²) in [5.41, 5.74) is 0. The zero-order valence-electron chi connectivity index (χ0n) is 11.2. The van der Waals surface area contributed by atoms with Gasteiger partial charge in [-0.1, -0.05) is 12.8 Å². The fourth-order valence-electron chi connectivity index (χ4n) is 2.21. The first-order chi connectivity index (χ1) is 8.90. The van der Waals surface area contributed by atoms with E-state index in [2.05, 4.69) is 25.5 Å². The van der Waals surface area contributed by atoms with E-state index in [1.165, 1.54) is 25.7 Å². The van der Waals surface area contributed by atoms with E-state index in [1.54, 1.807) is 0 Å². The molecule has 1 aromatic rings. The summed E-state index contributed by atoms with van der Waals surface area (Å²) in [4.78, 5) is 11.2. The Morgan fingerprint density at radius 1 is 1.17 bits per heavy atom. The van der Waals surface area contributed by atoms with E-state index in [1.807, 2.05) is 19.3 Å². The second-order valence-corrected chi connectivity index (χ2v) is 4.67. The molecule has 1 saturated heterocycles. The lowest BCUT2D eigenvalue weighted by molar-refractivity contribution is 0.726. The Hall–Kier alpha value is -1.36. The van der Waals surface area contributed by atoms with Gasteiger partial charge in [0.2, 0.25) is 5.95 Å². The first-order valence-corrected chi connectivity index (χ1v) is 6.86. The van der Waals surface area contributed by atoms with Crippen LogP contribution in [-0.4, -0.2) is 43.2 Å². The molecule has 0 bridgehead atoms. The molecule has 0 aliphatic carbocycles. The van der Waals surface area contributed by atoms with E-state index in [9.17, 15) is 0 Å². The van der Waals surface area contributed by atoms with Crippen LogP contribution in [0.5, 0.6) is 0 Å². The van der Waals surface area contributed by atoms with Gasteiger partial charge in [0.1, 0.15) is 5.82 Å². The summed E-state index contributed by atoms with van der Waals surface area (Å²) >= 11 is 0. The third-order valence-corrected chi connectivity index (χ3v) is 3.23. The van der Waals surface area contributed by atoms with Crippen LogP contribution < -0.4 is 15.5 Å². The number of nitrogens with one attached hydrogen (secondary N) is 2. The Morgan fingerprint density at radius 3 is 2.67 bits per heavy atom. The fourth-order valence-corrected chi connectivity index (χ4v) is 2.21. The van der Waals surface area contributed by atoms with E-state index < -0.39 is 0 Å². The summed E-state index contributed by atoms with van der Waals surface area (Å²) in [5, 5.41) is 6.33. The lowest BCUT2D eigenvalue weighted by Gasteiger charge is -2.21. The maximum atomic E-state index is 4.59. The molecular formula is C13H23N5. The van der Waals surface area contributed by atoms with Crippen LogP contribution in [0.15, 0.2) is 12.3 Å². The first kappa shape index (κ1) is 13.1. The van der Waals surface area contributed by atoms with Crippen LogP contribution in [-0.2, 0) is 0 Å². The van der Waals surface area contributed by atoms with Crippen molar-refractivity contribution in [2.45, 2.75) is 25.7 Å². The molecule has 5 heteroatoms. The van der Waals surface area contributed by atoms with Gasteiger partial charge >= 0.3 is 0 Å². The molecule has 2 N–H and O–H groups in total. The van der Waals surface area contributed by atoms with Crippen LogP contribution in [0, 0.1) is 0 Å². The van der Waals surface area contributed by atoms with Crippen LogP contribution in [0.1, 0.15) is 25.7 Å². The maximum absolute atomic E-state index is 4.59. The van der Waals surface area contributed by atoms with E-state index in [-0.39, 0.29) is 0 Å².